The zero-order chi connectivity index (χ0) is 12.8. The molecule has 0 aliphatic rings. The summed E-state index contributed by atoms with van der Waals surface area (Å²) >= 11 is 7.16. The second-order valence-corrected chi connectivity index (χ2v) is 4.76. The predicted molar refractivity (Wildman–Crippen MR) is 69.8 cm³/mol. The molecular weight excluding hydrogens is 260 g/mol. The van der Waals surface area contributed by atoms with Crippen LogP contribution in [-0.2, 0) is 0 Å². The topological polar surface area (TPSA) is 44.2 Å². The van der Waals surface area contributed by atoms with Crippen LogP contribution < -0.4 is 9.47 Å². The van der Waals surface area contributed by atoms with Crippen LogP contribution in [0.15, 0.2) is 21.7 Å². The molecule has 1 aromatic heterocycles. The Balaban J connectivity index is 2.97. The standard InChI is InChI=1S/C11H15ClN2O2S/c1-7(2)8(6-12)17-11-13-9(15-3)5-10(14-11)16-4/h5-7H,1-4H3. The van der Waals surface area contributed by atoms with Crippen molar-refractivity contribution < 1.29 is 9.47 Å². The Kier molecular flexibility index (Phi) is 5.58. The van der Waals surface area contributed by atoms with Gasteiger partial charge in [-0.3, -0.25) is 0 Å². The lowest BCUT2D eigenvalue weighted by atomic mass is 10.2. The second-order valence-electron chi connectivity index (χ2n) is 3.50. The molecule has 1 aromatic rings. The molecule has 0 amide bonds. The highest BCUT2D eigenvalue weighted by Crippen LogP contribution is 2.32. The molecule has 0 saturated carbocycles. The summed E-state index contributed by atoms with van der Waals surface area (Å²) in [4.78, 5) is 9.43. The molecule has 1 rings (SSSR count). The number of nitrogens with zero attached hydrogens (tertiary/aromatic N) is 2. The average molecular weight is 275 g/mol. The highest BCUT2D eigenvalue weighted by atomic mass is 35.5. The molecule has 94 valence electrons. The zero-order valence-electron chi connectivity index (χ0n) is 10.2. The Hall–Kier alpha value is -0.940. The number of rotatable bonds is 5. The summed E-state index contributed by atoms with van der Waals surface area (Å²) < 4.78 is 10.2. The SMILES string of the molecule is COc1cc(OC)nc(SC(=CCl)C(C)C)n1. The van der Waals surface area contributed by atoms with Crippen LogP contribution in [0, 0.1) is 5.92 Å². The molecule has 17 heavy (non-hydrogen) atoms. The Bertz CT molecular complexity index is 388. The van der Waals surface area contributed by atoms with Gasteiger partial charge in [0.25, 0.3) is 0 Å². The molecule has 0 fully saturated rings. The Morgan fingerprint density at radius 1 is 1.29 bits per heavy atom. The molecular formula is C11H15ClN2O2S. The molecule has 0 spiro atoms. The van der Waals surface area contributed by atoms with E-state index in [1.54, 1.807) is 25.8 Å². The summed E-state index contributed by atoms with van der Waals surface area (Å²) in [7, 11) is 3.11. The summed E-state index contributed by atoms with van der Waals surface area (Å²) in [5, 5.41) is 0.557. The molecule has 0 saturated heterocycles. The Morgan fingerprint density at radius 3 is 2.18 bits per heavy atom. The largest absolute Gasteiger partial charge is 0.481 e. The van der Waals surface area contributed by atoms with E-state index in [1.165, 1.54) is 11.8 Å². The van der Waals surface area contributed by atoms with Crippen LogP contribution in [0.2, 0.25) is 0 Å². The van der Waals surface area contributed by atoms with Crippen molar-refractivity contribution >= 4 is 23.4 Å². The second kappa shape index (κ2) is 6.71. The van der Waals surface area contributed by atoms with Gasteiger partial charge in [-0.1, -0.05) is 37.2 Å². The van der Waals surface area contributed by atoms with Crippen molar-refractivity contribution in [3.05, 3.63) is 16.5 Å². The normalized spacial score (nSPS) is 11.8. The van der Waals surface area contributed by atoms with Gasteiger partial charge < -0.3 is 9.47 Å². The van der Waals surface area contributed by atoms with E-state index < -0.39 is 0 Å². The summed E-state index contributed by atoms with van der Waals surface area (Å²) in [6.07, 6.45) is 0. The lowest BCUT2D eigenvalue weighted by molar-refractivity contribution is 0.364. The van der Waals surface area contributed by atoms with Crippen molar-refractivity contribution in [2.24, 2.45) is 5.92 Å². The van der Waals surface area contributed by atoms with Gasteiger partial charge >= 0.3 is 0 Å². The molecule has 0 aliphatic carbocycles. The third kappa shape index (κ3) is 4.09. The first kappa shape index (κ1) is 14.1. The van der Waals surface area contributed by atoms with Crippen molar-refractivity contribution in [1.29, 1.82) is 0 Å². The molecule has 6 heteroatoms. The number of halogens is 1. The van der Waals surface area contributed by atoms with E-state index in [9.17, 15) is 0 Å². The summed E-state index contributed by atoms with van der Waals surface area (Å²) in [6, 6.07) is 1.63. The van der Waals surface area contributed by atoms with E-state index in [0.29, 0.717) is 22.8 Å². The van der Waals surface area contributed by atoms with Crippen molar-refractivity contribution in [2.75, 3.05) is 14.2 Å². The van der Waals surface area contributed by atoms with Gasteiger partial charge in [0.1, 0.15) is 0 Å². The van der Waals surface area contributed by atoms with Crippen molar-refractivity contribution in [2.45, 2.75) is 19.0 Å². The molecule has 4 nitrogen and oxygen atoms in total. The fraction of sp³-hybridized carbons (Fsp3) is 0.455. The zero-order valence-corrected chi connectivity index (χ0v) is 11.8. The van der Waals surface area contributed by atoms with Crippen molar-refractivity contribution in [3.8, 4) is 11.8 Å². The summed E-state index contributed by atoms with van der Waals surface area (Å²) in [5.41, 5.74) is 1.55. The van der Waals surface area contributed by atoms with E-state index in [0.717, 1.165) is 4.91 Å². The fourth-order valence-corrected chi connectivity index (χ4v) is 2.16. The molecule has 0 atom stereocenters. The van der Waals surface area contributed by atoms with Crippen LogP contribution in [0.4, 0.5) is 0 Å². The first-order valence-corrected chi connectivity index (χ1v) is 6.31. The van der Waals surface area contributed by atoms with E-state index in [1.807, 2.05) is 0 Å². The number of hydrogen-bond acceptors (Lipinski definition) is 5. The number of allylic oxidation sites excluding steroid dienone is 1. The van der Waals surface area contributed by atoms with Crippen LogP contribution in [-0.4, -0.2) is 24.2 Å². The summed E-state index contributed by atoms with van der Waals surface area (Å²) in [5.74, 6) is 1.26. The maximum atomic E-state index is 5.76. The maximum Gasteiger partial charge on any atom is 0.220 e. The maximum absolute atomic E-state index is 5.76. The summed E-state index contributed by atoms with van der Waals surface area (Å²) in [6.45, 7) is 4.11. The quantitative estimate of drug-likeness (QED) is 0.609. The van der Waals surface area contributed by atoms with Gasteiger partial charge in [-0.2, -0.15) is 9.97 Å². The third-order valence-electron chi connectivity index (χ3n) is 1.96. The molecule has 0 aromatic carbocycles. The van der Waals surface area contributed by atoms with Gasteiger partial charge in [0, 0.05) is 10.4 Å². The number of aromatic nitrogens is 2. The van der Waals surface area contributed by atoms with Crippen molar-refractivity contribution in [3.63, 3.8) is 0 Å². The average Bonchev–Trinajstić information content (AvgIpc) is 2.34. The predicted octanol–water partition coefficient (Wildman–Crippen LogP) is 3.32. The molecule has 0 radical (unpaired) electrons. The van der Waals surface area contributed by atoms with Crippen LogP contribution >= 0.6 is 23.4 Å². The monoisotopic (exact) mass is 274 g/mol. The van der Waals surface area contributed by atoms with Gasteiger partial charge in [0.15, 0.2) is 5.16 Å². The van der Waals surface area contributed by atoms with Crippen LogP contribution in [0.5, 0.6) is 11.8 Å². The first-order chi connectivity index (χ1) is 8.10. The van der Waals surface area contributed by atoms with Gasteiger partial charge in [0.2, 0.25) is 11.8 Å². The lowest BCUT2D eigenvalue weighted by Crippen LogP contribution is -1.97. The third-order valence-corrected chi connectivity index (χ3v) is 3.52. The van der Waals surface area contributed by atoms with E-state index in [4.69, 9.17) is 21.1 Å². The highest BCUT2D eigenvalue weighted by molar-refractivity contribution is 8.03. The van der Waals surface area contributed by atoms with Gasteiger partial charge in [0.05, 0.1) is 20.3 Å². The minimum absolute atomic E-state index is 0.318. The van der Waals surface area contributed by atoms with Gasteiger partial charge in [-0.15, -0.1) is 0 Å². The molecule has 0 N–H and O–H groups in total. The van der Waals surface area contributed by atoms with Crippen LogP contribution in [0.3, 0.4) is 0 Å². The number of ether oxygens (including phenoxy) is 2. The van der Waals surface area contributed by atoms with Gasteiger partial charge in [-0.25, -0.2) is 0 Å². The van der Waals surface area contributed by atoms with Gasteiger partial charge in [-0.05, 0) is 5.92 Å². The fourth-order valence-electron chi connectivity index (χ4n) is 1.01. The Morgan fingerprint density at radius 2 is 1.82 bits per heavy atom. The first-order valence-electron chi connectivity index (χ1n) is 5.06. The highest BCUT2D eigenvalue weighted by Gasteiger charge is 2.11. The van der Waals surface area contributed by atoms with E-state index >= 15 is 0 Å². The molecule has 1 heterocycles. The van der Waals surface area contributed by atoms with Crippen LogP contribution in [0.25, 0.3) is 0 Å². The number of methoxy groups -OCH3 is 2. The van der Waals surface area contributed by atoms with Crippen LogP contribution in [0.1, 0.15) is 13.8 Å². The molecule has 0 unspecified atom stereocenters. The molecule has 0 aliphatic heterocycles. The van der Waals surface area contributed by atoms with E-state index in [2.05, 4.69) is 23.8 Å². The minimum Gasteiger partial charge on any atom is -0.481 e. The molecule has 0 bridgehead atoms. The number of thioether (sulfide) groups is 1. The van der Waals surface area contributed by atoms with E-state index in [-0.39, 0.29) is 0 Å². The minimum atomic E-state index is 0.318. The Labute approximate surface area is 110 Å². The number of hydrogen-bond donors (Lipinski definition) is 0. The van der Waals surface area contributed by atoms with Crippen molar-refractivity contribution in [1.82, 2.24) is 9.97 Å². The lowest BCUT2D eigenvalue weighted by Gasteiger charge is -2.10. The smallest absolute Gasteiger partial charge is 0.220 e.